The minimum absolute atomic E-state index is 0.279. The van der Waals surface area contributed by atoms with Crippen molar-refractivity contribution < 1.29 is 14.3 Å². The number of benzene rings is 2. The third-order valence-electron chi connectivity index (χ3n) is 3.91. The molecular weight excluding hydrogens is 436 g/mol. The molecule has 7 nitrogen and oxygen atoms in total. The minimum atomic E-state index is -0.286. The van der Waals surface area contributed by atoms with Crippen molar-refractivity contribution in [2.75, 3.05) is 12.4 Å². The molecule has 0 bridgehead atoms. The molecule has 3 rings (SSSR count). The predicted octanol–water partition coefficient (Wildman–Crippen LogP) is 4.32. The maximum absolute atomic E-state index is 12.0. The van der Waals surface area contributed by atoms with Gasteiger partial charge in [-0.05, 0) is 48.0 Å². The monoisotopic (exact) mass is 454 g/mol. The highest BCUT2D eigenvalue weighted by Gasteiger charge is 2.07. The number of hydrogen-bond acceptors (Lipinski definition) is 4. The van der Waals surface area contributed by atoms with E-state index in [1.165, 1.54) is 6.20 Å². The van der Waals surface area contributed by atoms with Gasteiger partial charge in [0.1, 0.15) is 17.2 Å². The van der Waals surface area contributed by atoms with E-state index < -0.39 is 0 Å². The zero-order valence-electron chi connectivity index (χ0n) is 15.6. The maximum Gasteiger partial charge on any atom is 0.319 e. The maximum atomic E-state index is 12.0. The van der Waals surface area contributed by atoms with E-state index in [2.05, 4.69) is 36.9 Å². The van der Waals surface area contributed by atoms with E-state index in [0.717, 1.165) is 10.0 Å². The molecule has 0 atom stereocenters. The van der Waals surface area contributed by atoms with E-state index >= 15 is 0 Å². The van der Waals surface area contributed by atoms with Gasteiger partial charge in [0.25, 0.3) is 5.91 Å². The number of anilines is 1. The van der Waals surface area contributed by atoms with Gasteiger partial charge in [-0.3, -0.25) is 9.78 Å². The molecule has 0 aliphatic heterocycles. The Kier molecular flexibility index (Phi) is 6.80. The molecule has 1 heterocycles. The van der Waals surface area contributed by atoms with Gasteiger partial charge >= 0.3 is 6.03 Å². The van der Waals surface area contributed by atoms with Crippen LogP contribution in [0.1, 0.15) is 16.1 Å². The molecule has 0 aliphatic carbocycles. The number of amides is 3. The Bertz CT molecular complexity index is 992. The Morgan fingerprint density at radius 2 is 1.72 bits per heavy atom. The van der Waals surface area contributed by atoms with Crippen molar-refractivity contribution in [2.45, 2.75) is 6.54 Å². The van der Waals surface area contributed by atoms with E-state index in [1.807, 2.05) is 36.4 Å². The number of hydrogen-bond donors (Lipinski definition) is 3. The van der Waals surface area contributed by atoms with Gasteiger partial charge in [-0.1, -0.05) is 28.1 Å². The Labute approximate surface area is 176 Å². The van der Waals surface area contributed by atoms with Gasteiger partial charge in [-0.15, -0.1) is 0 Å². The molecular formula is C21H19BrN4O3. The Balaban J connectivity index is 1.53. The van der Waals surface area contributed by atoms with Gasteiger partial charge in [0.2, 0.25) is 0 Å². The molecule has 0 radical (unpaired) electrons. The summed E-state index contributed by atoms with van der Waals surface area (Å²) in [4.78, 5) is 27.6. The fraction of sp³-hybridized carbons (Fsp3) is 0.0952. The van der Waals surface area contributed by atoms with Crippen LogP contribution in [0.5, 0.6) is 11.5 Å². The molecule has 0 saturated carbocycles. The lowest BCUT2D eigenvalue weighted by Gasteiger charge is -2.09. The number of halogens is 1. The van der Waals surface area contributed by atoms with Crippen LogP contribution in [0.3, 0.4) is 0 Å². The van der Waals surface area contributed by atoms with Crippen LogP contribution < -0.4 is 20.7 Å². The van der Waals surface area contributed by atoms with Crippen molar-refractivity contribution >= 4 is 33.6 Å². The summed E-state index contributed by atoms with van der Waals surface area (Å²) >= 11 is 3.35. The van der Waals surface area contributed by atoms with Crippen LogP contribution in [0.25, 0.3) is 0 Å². The lowest BCUT2D eigenvalue weighted by Crippen LogP contribution is -2.28. The normalized spacial score (nSPS) is 10.1. The van der Waals surface area contributed by atoms with Crippen molar-refractivity contribution in [2.24, 2.45) is 0 Å². The first kappa shape index (κ1) is 20.3. The number of carbonyl (C=O) groups excluding carboxylic acids is 2. The molecule has 0 spiro atoms. The first-order valence-electron chi connectivity index (χ1n) is 8.79. The molecule has 0 unspecified atom stereocenters. The van der Waals surface area contributed by atoms with Crippen LogP contribution in [0, 0.1) is 0 Å². The second-order valence-corrected chi connectivity index (χ2v) is 6.93. The standard InChI is InChI=1S/C21H19BrN4O3/c1-23-20(27)19-12-18(10-11-24-19)29-17-8-2-14(3-9-17)13-25-21(28)26-16-6-4-15(22)5-7-16/h2-12H,13H2,1H3,(H,23,27)(H2,25,26,28). The smallest absolute Gasteiger partial charge is 0.319 e. The van der Waals surface area contributed by atoms with Gasteiger partial charge in [0, 0.05) is 36.0 Å². The van der Waals surface area contributed by atoms with E-state index in [4.69, 9.17) is 4.74 Å². The lowest BCUT2D eigenvalue weighted by molar-refractivity contribution is 0.0958. The van der Waals surface area contributed by atoms with Crippen molar-refractivity contribution in [3.8, 4) is 11.5 Å². The van der Waals surface area contributed by atoms with Gasteiger partial charge in [0.05, 0.1) is 0 Å². The molecule has 3 N–H and O–H groups in total. The fourth-order valence-corrected chi connectivity index (χ4v) is 2.69. The molecule has 0 aliphatic rings. The molecule has 0 fully saturated rings. The Hall–Kier alpha value is -3.39. The summed E-state index contributed by atoms with van der Waals surface area (Å²) < 4.78 is 6.71. The molecule has 0 saturated heterocycles. The molecule has 29 heavy (non-hydrogen) atoms. The number of rotatable bonds is 6. The molecule has 2 aromatic carbocycles. The number of pyridine rings is 1. The quantitative estimate of drug-likeness (QED) is 0.517. The molecule has 3 aromatic rings. The molecule has 1 aromatic heterocycles. The summed E-state index contributed by atoms with van der Waals surface area (Å²) in [7, 11) is 1.55. The minimum Gasteiger partial charge on any atom is -0.457 e. The van der Waals surface area contributed by atoms with Gasteiger partial charge in [-0.25, -0.2) is 4.79 Å². The van der Waals surface area contributed by atoms with Crippen molar-refractivity contribution in [3.05, 3.63) is 82.6 Å². The number of carbonyl (C=O) groups is 2. The van der Waals surface area contributed by atoms with Crippen LogP contribution in [0.2, 0.25) is 0 Å². The summed E-state index contributed by atoms with van der Waals surface area (Å²) in [5.74, 6) is 0.846. The van der Waals surface area contributed by atoms with E-state index in [-0.39, 0.29) is 17.6 Å². The van der Waals surface area contributed by atoms with Crippen LogP contribution in [-0.4, -0.2) is 24.0 Å². The summed E-state index contributed by atoms with van der Waals surface area (Å²) in [5.41, 5.74) is 1.91. The number of urea groups is 1. The van der Waals surface area contributed by atoms with Crippen molar-refractivity contribution in [3.63, 3.8) is 0 Å². The number of nitrogens with zero attached hydrogens (tertiary/aromatic N) is 1. The SMILES string of the molecule is CNC(=O)c1cc(Oc2ccc(CNC(=O)Nc3ccc(Br)cc3)cc2)ccn1. The third-order valence-corrected chi connectivity index (χ3v) is 4.43. The highest BCUT2D eigenvalue weighted by Crippen LogP contribution is 2.22. The molecule has 3 amide bonds. The summed E-state index contributed by atoms with van der Waals surface area (Å²) in [6, 6.07) is 17.6. The zero-order valence-corrected chi connectivity index (χ0v) is 17.2. The van der Waals surface area contributed by atoms with Crippen molar-refractivity contribution in [1.29, 1.82) is 0 Å². The van der Waals surface area contributed by atoms with Crippen molar-refractivity contribution in [1.82, 2.24) is 15.6 Å². The Morgan fingerprint density at radius 1 is 1.00 bits per heavy atom. The van der Waals surface area contributed by atoms with Crippen LogP contribution in [-0.2, 0) is 6.54 Å². The first-order chi connectivity index (χ1) is 14.0. The number of ether oxygens (including phenoxy) is 1. The predicted molar refractivity (Wildman–Crippen MR) is 114 cm³/mol. The third kappa shape index (κ3) is 6.05. The topological polar surface area (TPSA) is 92.4 Å². The average molecular weight is 455 g/mol. The van der Waals surface area contributed by atoms with Gasteiger partial charge < -0.3 is 20.7 Å². The van der Waals surface area contributed by atoms with Gasteiger partial charge in [-0.2, -0.15) is 0 Å². The molecule has 148 valence electrons. The second-order valence-electron chi connectivity index (χ2n) is 6.02. The van der Waals surface area contributed by atoms with Gasteiger partial charge in [0.15, 0.2) is 0 Å². The summed E-state index contributed by atoms with van der Waals surface area (Å²) in [5, 5.41) is 8.09. The summed E-state index contributed by atoms with van der Waals surface area (Å²) in [6.45, 7) is 0.374. The van der Waals surface area contributed by atoms with Crippen LogP contribution >= 0.6 is 15.9 Å². The highest BCUT2D eigenvalue weighted by molar-refractivity contribution is 9.10. The zero-order chi connectivity index (χ0) is 20.6. The van der Waals surface area contributed by atoms with E-state index in [9.17, 15) is 9.59 Å². The van der Waals surface area contributed by atoms with E-state index in [1.54, 1.807) is 31.3 Å². The lowest BCUT2D eigenvalue weighted by atomic mass is 10.2. The average Bonchev–Trinajstić information content (AvgIpc) is 2.74. The largest absolute Gasteiger partial charge is 0.457 e. The highest BCUT2D eigenvalue weighted by atomic mass is 79.9. The first-order valence-corrected chi connectivity index (χ1v) is 9.58. The second kappa shape index (κ2) is 9.70. The number of aromatic nitrogens is 1. The van der Waals surface area contributed by atoms with Crippen LogP contribution in [0.4, 0.5) is 10.5 Å². The Morgan fingerprint density at radius 3 is 2.41 bits per heavy atom. The van der Waals surface area contributed by atoms with E-state index in [0.29, 0.717) is 23.7 Å². The summed E-state index contributed by atoms with van der Waals surface area (Å²) in [6.07, 6.45) is 1.52. The molecule has 8 heteroatoms. The fourth-order valence-electron chi connectivity index (χ4n) is 2.43. The number of nitrogens with one attached hydrogen (secondary N) is 3. The van der Waals surface area contributed by atoms with Crippen LogP contribution in [0.15, 0.2) is 71.3 Å².